The maximum atomic E-state index is 13.6. The van der Waals surface area contributed by atoms with Gasteiger partial charge in [0.1, 0.15) is 5.69 Å². The van der Waals surface area contributed by atoms with Gasteiger partial charge in [-0.15, -0.1) is 10.2 Å². The standard InChI is InChI=1S/C26H33F2N7O3S2/c1-15(2)25(36)34-10-8-33(9-11-34)19-13-17(40(37,38)32-26(3)6-7-26)12-18-20(23-29-30-24(39-23)22(27)28)31-35(21(18)19)14-16-4-5-16/h12-13,15-16,22,32H,4-11,14H2,1-3H3. The van der Waals surface area contributed by atoms with Gasteiger partial charge in [0.2, 0.25) is 15.9 Å². The van der Waals surface area contributed by atoms with Gasteiger partial charge in [0.15, 0.2) is 10.0 Å². The lowest BCUT2D eigenvalue weighted by Crippen LogP contribution is -2.50. The minimum Gasteiger partial charge on any atom is -0.366 e. The minimum absolute atomic E-state index is 0.0923. The summed E-state index contributed by atoms with van der Waals surface area (Å²) >= 11 is 0.767. The van der Waals surface area contributed by atoms with Gasteiger partial charge < -0.3 is 9.80 Å². The average molecular weight is 594 g/mol. The van der Waals surface area contributed by atoms with Crippen molar-refractivity contribution in [3.8, 4) is 10.7 Å². The van der Waals surface area contributed by atoms with Gasteiger partial charge in [0.25, 0.3) is 6.43 Å². The number of alkyl halides is 2. The predicted molar refractivity (Wildman–Crippen MR) is 148 cm³/mol. The van der Waals surface area contributed by atoms with Gasteiger partial charge >= 0.3 is 0 Å². The Labute approximate surface area is 235 Å². The molecule has 0 radical (unpaired) electrons. The van der Waals surface area contributed by atoms with Crippen LogP contribution in [0, 0.1) is 11.8 Å². The molecule has 1 amide bonds. The van der Waals surface area contributed by atoms with Crippen molar-refractivity contribution in [2.24, 2.45) is 11.8 Å². The second kappa shape index (κ2) is 9.98. The van der Waals surface area contributed by atoms with E-state index in [9.17, 15) is 22.0 Å². The van der Waals surface area contributed by atoms with Gasteiger partial charge in [-0.05, 0) is 50.7 Å². The monoisotopic (exact) mass is 593 g/mol. The average Bonchev–Trinajstić information content (AvgIpc) is 3.77. The molecule has 2 saturated carbocycles. The Balaban J connectivity index is 1.49. The smallest absolute Gasteiger partial charge is 0.291 e. The Morgan fingerprint density at radius 2 is 1.85 bits per heavy atom. The van der Waals surface area contributed by atoms with E-state index in [1.165, 1.54) is 0 Å². The molecule has 6 rings (SSSR count). The molecule has 0 spiro atoms. The first-order valence-electron chi connectivity index (χ1n) is 13.7. The molecular weight excluding hydrogens is 560 g/mol. The molecule has 2 aromatic heterocycles. The number of nitrogens with zero attached hydrogens (tertiary/aromatic N) is 6. The summed E-state index contributed by atoms with van der Waals surface area (Å²) in [6, 6.07) is 3.27. The molecule has 3 aliphatic rings. The van der Waals surface area contributed by atoms with Crippen molar-refractivity contribution < 1.29 is 22.0 Å². The van der Waals surface area contributed by atoms with Crippen LogP contribution in [0.5, 0.6) is 0 Å². The van der Waals surface area contributed by atoms with Crippen LogP contribution in [0.3, 0.4) is 0 Å². The molecule has 2 aliphatic carbocycles. The number of nitrogens with one attached hydrogen (secondary N) is 1. The quantitative estimate of drug-likeness (QED) is 0.399. The maximum absolute atomic E-state index is 13.6. The van der Waals surface area contributed by atoms with E-state index in [4.69, 9.17) is 5.10 Å². The number of sulfonamides is 1. The molecular formula is C26H33F2N7O3S2. The molecule has 3 fully saturated rings. The summed E-state index contributed by atoms with van der Waals surface area (Å²) in [4.78, 5) is 16.6. The highest BCUT2D eigenvalue weighted by Crippen LogP contribution is 2.42. The highest BCUT2D eigenvalue weighted by Gasteiger charge is 2.42. The van der Waals surface area contributed by atoms with Crippen LogP contribution in [0.1, 0.15) is 57.9 Å². The number of piperazine rings is 1. The number of hydrogen-bond donors (Lipinski definition) is 1. The number of hydrogen-bond acceptors (Lipinski definition) is 8. The highest BCUT2D eigenvalue weighted by molar-refractivity contribution is 7.89. The number of carbonyl (C=O) groups excluding carboxylic acids is 1. The molecule has 0 atom stereocenters. The molecule has 1 aliphatic heterocycles. The lowest BCUT2D eigenvalue weighted by molar-refractivity contribution is -0.134. The van der Waals surface area contributed by atoms with E-state index in [2.05, 4.69) is 19.8 Å². The molecule has 1 aromatic carbocycles. The summed E-state index contributed by atoms with van der Waals surface area (Å²) in [6.07, 6.45) is 0.917. The van der Waals surface area contributed by atoms with E-state index >= 15 is 0 Å². The highest BCUT2D eigenvalue weighted by atomic mass is 32.2. The van der Waals surface area contributed by atoms with Crippen LogP contribution in [0.25, 0.3) is 21.6 Å². The first kappa shape index (κ1) is 27.5. The molecule has 0 unspecified atom stereocenters. The van der Waals surface area contributed by atoms with Crippen molar-refractivity contribution in [2.45, 2.75) is 69.9 Å². The summed E-state index contributed by atoms with van der Waals surface area (Å²) in [5.41, 5.74) is 1.33. The number of amides is 1. The first-order chi connectivity index (χ1) is 18.9. The third kappa shape index (κ3) is 5.32. The van der Waals surface area contributed by atoms with Crippen LogP contribution in [-0.4, -0.2) is 70.9 Å². The van der Waals surface area contributed by atoms with Crippen molar-refractivity contribution in [3.05, 3.63) is 17.1 Å². The molecule has 0 bridgehead atoms. The van der Waals surface area contributed by atoms with E-state index in [1.54, 1.807) is 12.1 Å². The molecule has 14 heteroatoms. The van der Waals surface area contributed by atoms with Crippen molar-refractivity contribution in [1.82, 2.24) is 29.6 Å². The van der Waals surface area contributed by atoms with Crippen molar-refractivity contribution in [3.63, 3.8) is 0 Å². The number of carbonyl (C=O) groups is 1. The molecule has 40 heavy (non-hydrogen) atoms. The van der Waals surface area contributed by atoms with Crippen LogP contribution in [0.15, 0.2) is 17.0 Å². The molecule has 216 valence electrons. The number of rotatable bonds is 9. The third-order valence-corrected chi connectivity index (χ3v) is 10.4. The lowest BCUT2D eigenvalue weighted by Gasteiger charge is -2.37. The number of anilines is 1. The van der Waals surface area contributed by atoms with Crippen LogP contribution in [0.2, 0.25) is 0 Å². The van der Waals surface area contributed by atoms with Gasteiger partial charge in [0.05, 0.1) is 16.1 Å². The maximum Gasteiger partial charge on any atom is 0.291 e. The van der Waals surface area contributed by atoms with E-state index in [0.29, 0.717) is 55.4 Å². The van der Waals surface area contributed by atoms with E-state index < -0.39 is 27.0 Å². The second-order valence-electron chi connectivity index (χ2n) is 11.7. The van der Waals surface area contributed by atoms with E-state index in [-0.39, 0.29) is 21.7 Å². The molecule has 3 heterocycles. The summed E-state index contributed by atoms with van der Waals surface area (Å²) in [5.74, 6) is 0.444. The van der Waals surface area contributed by atoms with Gasteiger partial charge in [-0.2, -0.15) is 5.10 Å². The molecule has 1 N–H and O–H groups in total. The zero-order valence-corrected chi connectivity index (χ0v) is 24.4. The summed E-state index contributed by atoms with van der Waals surface area (Å²) < 4.78 is 58.6. The Morgan fingerprint density at radius 3 is 2.42 bits per heavy atom. The number of halogens is 2. The van der Waals surface area contributed by atoms with Crippen LogP contribution in [0.4, 0.5) is 14.5 Å². The summed E-state index contributed by atoms with van der Waals surface area (Å²) in [6.45, 7) is 8.36. The Bertz CT molecular complexity index is 1550. The zero-order valence-electron chi connectivity index (χ0n) is 22.7. The van der Waals surface area contributed by atoms with Gasteiger partial charge in [-0.3, -0.25) is 9.48 Å². The summed E-state index contributed by atoms with van der Waals surface area (Å²) in [7, 11) is -3.88. The second-order valence-corrected chi connectivity index (χ2v) is 14.4. The predicted octanol–water partition coefficient (Wildman–Crippen LogP) is 4.04. The fourth-order valence-electron chi connectivity index (χ4n) is 5.13. The lowest BCUT2D eigenvalue weighted by atomic mass is 10.1. The van der Waals surface area contributed by atoms with Crippen molar-refractivity contribution >= 4 is 43.9 Å². The topological polar surface area (TPSA) is 113 Å². The van der Waals surface area contributed by atoms with E-state index in [0.717, 1.165) is 42.5 Å². The Kier molecular flexibility index (Phi) is 6.85. The summed E-state index contributed by atoms with van der Waals surface area (Å²) in [5, 5.41) is 12.8. The SMILES string of the molecule is CC(C)C(=O)N1CCN(c2cc(S(=O)(=O)NC3(C)CC3)cc3c(-c4nnc(C(F)F)s4)nn(CC4CC4)c23)CC1. The Morgan fingerprint density at radius 1 is 1.15 bits per heavy atom. The van der Waals surface area contributed by atoms with Crippen molar-refractivity contribution in [1.29, 1.82) is 0 Å². The van der Waals surface area contributed by atoms with Crippen LogP contribution < -0.4 is 9.62 Å². The van der Waals surface area contributed by atoms with Crippen molar-refractivity contribution in [2.75, 3.05) is 31.1 Å². The molecule has 10 nitrogen and oxygen atoms in total. The largest absolute Gasteiger partial charge is 0.366 e. The normalized spacial score (nSPS) is 19.3. The third-order valence-electron chi connectivity index (χ3n) is 7.87. The van der Waals surface area contributed by atoms with Gasteiger partial charge in [0, 0.05) is 49.6 Å². The van der Waals surface area contributed by atoms with E-state index in [1.807, 2.05) is 30.4 Å². The first-order valence-corrected chi connectivity index (χ1v) is 16.0. The number of aromatic nitrogens is 4. The molecule has 1 saturated heterocycles. The number of fused-ring (bicyclic) bond motifs is 1. The van der Waals surface area contributed by atoms with Gasteiger partial charge in [-0.1, -0.05) is 25.2 Å². The fourth-order valence-corrected chi connectivity index (χ4v) is 7.33. The van der Waals surface area contributed by atoms with Crippen LogP contribution in [-0.2, 0) is 21.4 Å². The van der Waals surface area contributed by atoms with Crippen LogP contribution >= 0.6 is 11.3 Å². The van der Waals surface area contributed by atoms with Gasteiger partial charge in [-0.25, -0.2) is 21.9 Å². The number of benzene rings is 1. The minimum atomic E-state index is -3.88. The fraction of sp³-hybridized carbons (Fsp3) is 0.615. The zero-order chi connectivity index (χ0) is 28.4. The molecule has 3 aromatic rings. The Hall–Kier alpha value is -2.71.